The quantitative estimate of drug-likeness (QED) is 0.104. The van der Waals surface area contributed by atoms with Crippen LogP contribution in [0.25, 0.3) is 0 Å². The lowest BCUT2D eigenvalue weighted by molar-refractivity contribution is -0.384. The van der Waals surface area contributed by atoms with Crippen molar-refractivity contribution in [1.29, 1.82) is 0 Å². The Morgan fingerprint density at radius 2 is 1.62 bits per heavy atom. The first-order chi connectivity index (χ1) is 18.6. The van der Waals surface area contributed by atoms with Crippen molar-refractivity contribution >= 4 is 27.8 Å². The molecule has 0 aromatic heterocycles. The summed E-state index contributed by atoms with van der Waals surface area (Å²) in [7, 11) is -3.68. The molecular weight excluding hydrogens is 526 g/mol. The number of nitro benzene ring substituents is 1. The van der Waals surface area contributed by atoms with Crippen molar-refractivity contribution in [2.75, 3.05) is 6.54 Å². The summed E-state index contributed by atoms with van der Waals surface area (Å²) in [5, 5.41) is 13.3. The standard InChI is InChI=1S/C27H29N3O8S/c1-20-10-16-24(17-11-20)39(35,36)28-18-6-5-9-25(29-27(32)37-19-21-7-3-2-4-8-21)26(31)38-23-14-12-22(13-15-23)30(33)34/h2-4,7-8,10-17,25,28H,5-6,9,18-19H2,1H3,(H,29,32). The van der Waals surface area contributed by atoms with Crippen LogP contribution in [0.1, 0.15) is 30.4 Å². The van der Waals surface area contributed by atoms with Gasteiger partial charge in [-0.15, -0.1) is 0 Å². The van der Waals surface area contributed by atoms with E-state index in [1.165, 1.54) is 36.4 Å². The van der Waals surface area contributed by atoms with E-state index in [2.05, 4.69) is 10.0 Å². The molecule has 1 amide bonds. The Kier molecular flexibility index (Phi) is 10.5. The van der Waals surface area contributed by atoms with Gasteiger partial charge in [-0.2, -0.15) is 0 Å². The van der Waals surface area contributed by atoms with Crippen LogP contribution in [0.3, 0.4) is 0 Å². The monoisotopic (exact) mass is 555 g/mol. The van der Waals surface area contributed by atoms with Gasteiger partial charge in [0.15, 0.2) is 0 Å². The maximum Gasteiger partial charge on any atom is 0.408 e. The summed E-state index contributed by atoms with van der Waals surface area (Å²) in [5.74, 6) is -0.721. The Hall–Kier alpha value is -4.29. The molecule has 0 heterocycles. The number of esters is 1. The van der Waals surface area contributed by atoms with E-state index in [1.807, 2.05) is 13.0 Å². The maximum absolute atomic E-state index is 12.8. The summed E-state index contributed by atoms with van der Waals surface area (Å²) in [6, 6.07) is 19.3. The number of nitro groups is 1. The molecule has 11 nitrogen and oxygen atoms in total. The third-order valence-corrected chi connectivity index (χ3v) is 7.08. The second-order valence-corrected chi connectivity index (χ2v) is 10.4. The zero-order valence-corrected chi connectivity index (χ0v) is 22.1. The van der Waals surface area contributed by atoms with Crippen molar-refractivity contribution in [2.45, 2.75) is 43.7 Å². The number of carbonyl (C=O) groups is 2. The predicted molar refractivity (Wildman–Crippen MR) is 143 cm³/mol. The zero-order chi connectivity index (χ0) is 28.3. The minimum atomic E-state index is -3.68. The molecular formula is C27H29N3O8S. The number of rotatable bonds is 13. The molecule has 2 N–H and O–H groups in total. The van der Waals surface area contributed by atoms with Crippen LogP contribution in [-0.4, -0.2) is 38.0 Å². The van der Waals surface area contributed by atoms with Crippen molar-refractivity contribution in [3.63, 3.8) is 0 Å². The summed E-state index contributed by atoms with van der Waals surface area (Å²) >= 11 is 0. The fraction of sp³-hybridized carbons (Fsp3) is 0.259. The molecule has 0 aliphatic carbocycles. The lowest BCUT2D eigenvalue weighted by Gasteiger charge is -2.17. The molecule has 0 fully saturated rings. The van der Waals surface area contributed by atoms with E-state index in [0.717, 1.165) is 11.1 Å². The Morgan fingerprint density at radius 1 is 0.949 bits per heavy atom. The first-order valence-electron chi connectivity index (χ1n) is 12.1. The van der Waals surface area contributed by atoms with Gasteiger partial charge in [-0.05, 0) is 56.0 Å². The van der Waals surface area contributed by atoms with E-state index in [4.69, 9.17) is 9.47 Å². The van der Waals surface area contributed by atoms with Crippen molar-refractivity contribution in [3.05, 3.63) is 100 Å². The van der Waals surface area contributed by atoms with Gasteiger partial charge in [-0.1, -0.05) is 48.0 Å². The third kappa shape index (κ3) is 9.51. The van der Waals surface area contributed by atoms with Crippen LogP contribution in [0.5, 0.6) is 5.75 Å². The van der Waals surface area contributed by atoms with Gasteiger partial charge in [0.05, 0.1) is 9.82 Å². The second-order valence-electron chi connectivity index (χ2n) is 8.64. The SMILES string of the molecule is Cc1ccc(S(=O)(=O)NCCCCC(NC(=O)OCc2ccccc2)C(=O)Oc2ccc([N+](=O)[O-])cc2)cc1. The molecule has 0 bridgehead atoms. The van der Waals surface area contributed by atoms with Gasteiger partial charge in [0.1, 0.15) is 18.4 Å². The second kappa shape index (κ2) is 14.0. The van der Waals surface area contributed by atoms with Crippen LogP contribution in [0, 0.1) is 17.0 Å². The number of nitrogens with zero attached hydrogens (tertiary/aromatic N) is 1. The van der Waals surface area contributed by atoms with E-state index in [0.29, 0.717) is 12.8 Å². The molecule has 0 aliphatic heterocycles. The maximum atomic E-state index is 12.8. The normalized spacial score (nSPS) is 11.8. The molecule has 3 aromatic rings. The summed E-state index contributed by atoms with van der Waals surface area (Å²) < 4.78 is 37.9. The van der Waals surface area contributed by atoms with Crippen LogP contribution >= 0.6 is 0 Å². The molecule has 0 saturated heterocycles. The molecule has 3 rings (SSSR count). The largest absolute Gasteiger partial charge is 0.445 e. The minimum absolute atomic E-state index is 0.00240. The average molecular weight is 556 g/mol. The van der Waals surface area contributed by atoms with Crippen molar-refractivity contribution < 1.29 is 32.4 Å². The Balaban J connectivity index is 1.56. The highest BCUT2D eigenvalue weighted by molar-refractivity contribution is 7.89. The van der Waals surface area contributed by atoms with E-state index in [-0.39, 0.29) is 35.9 Å². The number of sulfonamides is 1. The van der Waals surface area contributed by atoms with Crippen LogP contribution in [0.15, 0.2) is 83.8 Å². The van der Waals surface area contributed by atoms with Crippen molar-refractivity contribution in [2.24, 2.45) is 0 Å². The highest BCUT2D eigenvalue weighted by Crippen LogP contribution is 2.18. The lowest BCUT2D eigenvalue weighted by atomic mass is 10.1. The van der Waals surface area contributed by atoms with Gasteiger partial charge >= 0.3 is 12.1 Å². The van der Waals surface area contributed by atoms with E-state index < -0.39 is 33.1 Å². The van der Waals surface area contributed by atoms with Crippen LogP contribution in [-0.2, 0) is 26.2 Å². The fourth-order valence-corrected chi connectivity index (χ4v) is 4.53. The number of amides is 1. The molecule has 3 aromatic carbocycles. The molecule has 39 heavy (non-hydrogen) atoms. The molecule has 1 unspecified atom stereocenters. The zero-order valence-electron chi connectivity index (χ0n) is 21.2. The predicted octanol–water partition coefficient (Wildman–Crippen LogP) is 4.25. The number of nitrogens with one attached hydrogen (secondary N) is 2. The summed E-state index contributed by atoms with van der Waals surface area (Å²) in [6.45, 7) is 1.98. The third-order valence-electron chi connectivity index (χ3n) is 5.60. The highest BCUT2D eigenvalue weighted by atomic mass is 32.2. The topological polar surface area (TPSA) is 154 Å². The average Bonchev–Trinajstić information content (AvgIpc) is 2.92. The number of unbranched alkanes of at least 4 members (excludes halogenated alkanes) is 1. The van der Waals surface area contributed by atoms with Crippen LogP contribution in [0.4, 0.5) is 10.5 Å². The van der Waals surface area contributed by atoms with Crippen molar-refractivity contribution in [1.82, 2.24) is 10.0 Å². The van der Waals surface area contributed by atoms with E-state index in [9.17, 15) is 28.1 Å². The van der Waals surface area contributed by atoms with Gasteiger partial charge in [-0.3, -0.25) is 10.1 Å². The molecule has 0 radical (unpaired) electrons. The molecule has 1 atom stereocenters. The smallest absolute Gasteiger partial charge is 0.408 e. The first kappa shape index (κ1) is 29.3. The number of alkyl carbamates (subject to hydrolysis) is 1. The number of aryl methyl sites for hydroxylation is 1. The number of hydrogen-bond donors (Lipinski definition) is 2. The first-order valence-corrected chi connectivity index (χ1v) is 13.6. The van der Waals surface area contributed by atoms with Gasteiger partial charge < -0.3 is 14.8 Å². The van der Waals surface area contributed by atoms with E-state index in [1.54, 1.807) is 36.4 Å². The summed E-state index contributed by atoms with van der Waals surface area (Å²) in [4.78, 5) is 35.7. The summed E-state index contributed by atoms with van der Waals surface area (Å²) in [5.41, 5.74) is 1.54. The molecule has 0 aliphatic rings. The Labute approximate surface area is 226 Å². The van der Waals surface area contributed by atoms with Gasteiger partial charge in [-0.25, -0.2) is 22.7 Å². The molecule has 206 valence electrons. The summed E-state index contributed by atoms with van der Waals surface area (Å²) in [6.07, 6.45) is 0.0609. The molecule has 0 saturated carbocycles. The number of benzene rings is 3. The molecule has 0 spiro atoms. The minimum Gasteiger partial charge on any atom is -0.445 e. The van der Waals surface area contributed by atoms with Crippen LogP contribution < -0.4 is 14.8 Å². The van der Waals surface area contributed by atoms with Crippen LogP contribution in [0.2, 0.25) is 0 Å². The number of non-ortho nitro benzene ring substituents is 1. The number of hydrogen-bond acceptors (Lipinski definition) is 8. The number of ether oxygens (including phenoxy) is 2. The lowest BCUT2D eigenvalue weighted by Crippen LogP contribution is -2.43. The van der Waals surface area contributed by atoms with Crippen molar-refractivity contribution in [3.8, 4) is 5.75 Å². The van der Waals surface area contributed by atoms with Gasteiger partial charge in [0.2, 0.25) is 10.0 Å². The highest BCUT2D eigenvalue weighted by Gasteiger charge is 2.24. The van der Waals surface area contributed by atoms with Gasteiger partial charge in [0, 0.05) is 18.7 Å². The Bertz CT molecular complexity index is 1360. The van der Waals surface area contributed by atoms with E-state index >= 15 is 0 Å². The Morgan fingerprint density at radius 3 is 2.26 bits per heavy atom. The molecule has 12 heteroatoms. The fourth-order valence-electron chi connectivity index (χ4n) is 3.46. The van der Waals surface area contributed by atoms with Gasteiger partial charge in [0.25, 0.3) is 5.69 Å². The number of carbonyl (C=O) groups excluding carboxylic acids is 2.